The van der Waals surface area contributed by atoms with Gasteiger partial charge in [-0.15, -0.1) is 0 Å². The fourth-order valence-electron chi connectivity index (χ4n) is 3.16. The highest BCUT2D eigenvalue weighted by molar-refractivity contribution is 5.33. The first-order valence-corrected chi connectivity index (χ1v) is 7.21. The van der Waals surface area contributed by atoms with Crippen molar-refractivity contribution in [2.75, 3.05) is 18.0 Å². The van der Waals surface area contributed by atoms with Crippen molar-refractivity contribution in [2.24, 2.45) is 11.8 Å². The molecule has 18 heavy (non-hydrogen) atoms. The number of hydrogen-bond donors (Lipinski definition) is 0. The van der Waals surface area contributed by atoms with Gasteiger partial charge in [0.1, 0.15) is 0 Å². The predicted molar refractivity (Wildman–Crippen MR) is 75.9 cm³/mol. The summed E-state index contributed by atoms with van der Waals surface area (Å²) >= 11 is 0. The number of aryl methyl sites for hydroxylation is 2. The Bertz CT molecular complexity index is 378. The first-order chi connectivity index (χ1) is 8.63. The lowest BCUT2D eigenvalue weighted by atomic mass is 9.87. The van der Waals surface area contributed by atoms with Crippen LogP contribution in [0.15, 0.2) is 6.07 Å². The quantitative estimate of drug-likeness (QED) is 0.817. The number of rotatable bonds is 4. The van der Waals surface area contributed by atoms with E-state index >= 15 is 0 Å². The van der Waals surface area contributed by atoms with Gasteiger partial charge < -0.3 is 4.90 Å². The maximum Gasteiger partial charge on any atom is 0.225 e. The normalized spacial score (nSPS) is 19.8. The third kappa shape index (κ3) is 2.82. The van der Waals surface area contributed by atoms with Crippen LogP contribution in [0, 0.1) is 25.7 Å². The molecule has 0 aromatic carbocycles. The summed E-state index contributed by atoms with van der Waals surface area (Å²) in [6.45, 7) is 11.0. The Labute approximate surface area is 111 Å². The van der Waals surface area contributed by atoms with Gasteiger partial charge in [0.25, 0.3) is 0 Å². The zero-order valence-corrected chi connectivity index (χ0v) is 12.1. The summed E-state index contributed by atoms with van der Waals surface area (Å²) in [5.74, 6) is 2.62. The second-order valence-electron chi connectivity index (χ2n) is 5.52. The Morgan fingerprint density at radius 1 is 1.22 bits per heavy atom. The molecule has 3 heteroatoms. The maximum atomic E-state index is 4.58. The molecule has 1 aromatic rings. The Morgan fingerprint density at radius 2 is 1.83 bits per heavy atom. The fraction of sp³-hybridized carbons (Fsp3) is 0.733. The Kier molecular flexibility index (Phi) is 4.20. The van der Waals surface area contributed by atoms with Gasteiger partial charge in [-0.05, 0) is 38.2 Å². The lowest BCUT2D eigenvalue weighted by molar-refractivity contribution is 0.338. The lowest BCUT2D eigenvalue weighted by Crippen LogP contribution is -2.24. The molecule has 1 aromatic heterocycles. The molecule has 0 radical (unpaired) electrons. The van der Waals surface area contributed by atoms with E-state index in [9.17, 15) is 0 Å². The zero-order valence-electron chi connectivity index (χ0n) is 12.1. The highest BCUT2D eigenvalue weighted by atomic mass is 15.3. The van der Waals surface area contributed by atoms with Gasteiger partial charge in [-0.1, -0.05) is 26.7 Å². The molecule has 1 unspecified atom stereocenters. The zero-order chi connectivity index (χ0) is 13.1. The third-order valence-corrected chi connectivity index (χ3v) is 4.19. The van der Waals surface area contributed by atoms with Crippen molar-refractivity contribution >= 4 is 5.95 Å². The minimum absolute atomic E-state index is 0.824. The summed E-state index contributed by atoms with van der Waals surface area (Å²) in [6, 6.07) is 2.04. The minimum atomic E-state index is 0.824. The van der Waals surface area contributed by atoms with Crippen LogP contribution < -0.4 is 4.90 Å². The molecule has 3 nitrogen and oxygen atoms in total. The van der Waals surface area contributed by atoms with Crippen molar-refractivity contribution in [3.05, 3.63) is 17.5 Å². The van der Waals surface area contributed by atoms with E-state index < -0.39 is 0 Å². The molecule has 1 aliphatic heterocycles. The standard InChI is InChI=1S/C15H25N3/c1-5-13(6-2)14-7-8-18(10-14)15-16-11(3)9-12(4)17-15/h9,13-14H,5-8,10H2,1-4H3. The first-order valence-electron chi connectivity index (χ1n) is 7.21. The van der Waals surface area contributed by atoms with E-state index in [1.165, 1.54) is 19.3 Å². The summed E-state index contributed by atoms with van der Waals surface area (Å²) in [5, 5.41) is 0. The van der Waals surface area contributed by atoms with Crippen molar-refractivity contribution < 1.29 is 0 Å². The molecule has 0 N–H and O–H groups in total. The van der Waals surface area contributed by atoms with Gasteiger partial charge in [0.15, 0.2) is 0 Å². The van der Waals surface area contributed by atoms with Gasteiger partial charge in [0.05, 0.1) is 0 Å². The molecule has 0 saturated carbocycles. The molecular weight excluding hydrogens is 222 g/mol. The van der Waals surface area contributed by atoms with Crippen LogP contribution in [-0.2, 0) is 0 Å². The molecular formula is C15H25N3. The van der Waals surface area contributed by atoms with Crippen LogP contribution >= 0.6 is 0 Å². The fourth-order valence-corrected chi connectivity index (χ4v) is 3.16. The largest absolute Gasteiger partial charge is 0.341 e. The molecule has 2 heterocycles. The number of aromatic nitrogens is 2. The maximum absolute atomic E-state index is 4.58. The summed E-state index contributed by atoms with van der Waals surface area (Å²) < 4.78 is 0. The van der Waals surface area contributed by atoms with Crippen LogP contribution in [0.4, 0.5) is 5.95 Å². The van der Waals surface area contributed by atoms with Crippen LogP contribution in [-0.4, -0.2) is 23.1 Å². The number of anilines is 1. The van der Waals surface area contributed by atoms with Gasteiger partial charge in [0, 0.05) is 24.5 Å². The smallest absolute Gasteiger partial charge is 0.225 e. The van der Waals surface area contributed by atoms with E-state index in [1.54, 1.807) is 0 Å². The van der Waals surface area contributed by atoms with Gasteiger partial charge in [0.2, 0.25) is 5.95 Å². The van der Waals surface area contributed by atoms with Crippen LogP contribution in [0.3, 0.4) is 0 Å². The lowest BCUT2D eigenvalue weighted by Gasteiger charge is -2.21. The van der Waals surface area contributed by atoms with Gasteiger partial charge in [-0.2, -0.15) is 0 Å². The first kappa shape index (κ1) is 13.3. The average Bonchev–Trinajstić information content (AvgIpc) is 2.79. The highest BCUT2D eigenvalue weighted by Crippen LogP contribution is 2.30. The van der Waals surface area contributed by atoms with Crippen molar-refractivity contribution in [1.29, 1.82) is 0 Å². The SMILES string of the molecule is CCC(CC)C1CCN(c2nc(C)cc(C)n2)C1. The summed E-state index contributed by atoms with van der Waals surface area (Å²) in [6.07, 6.45) is 3.88. The van der Waals surface area contributed by atoms with Crippen LogP contribution in [0.5, 0.6) is 0 Å². The van der Waals surface area contributed by atoms with E-state index in [-0.39, 0.29) is 0 Å². The summed E-state index contributed by atoms with van der Waals surface area (Å²) in [7, 11) is 0. The topological polar surface area (TPSA) is 29.0 Å². The van der Waals surface area contributed by atoms with E-state index in [2.05, 4.69) is 28.7 Å². The molecule has 0 aliphatic carbocycles. The van der Waals surface area contributed by atoms with Crippen molar-refractivity contribution in [1.82, 2.24) is 9.97 Å². The minimum Gasteiger partial charge on any atom is -0.341 e. The molecule has 100 valence electrons. The molecule has 0 amide bonds. The second kappa shape index (κ2) is 5.68. The Hall–Kier alpha value is -1.12. The third-order valence-electron chi connectivity index (χ3n) is 4.19. The molecule has 1 fully saturated rings. The predicted octanol–water partition coefficient (Wildman–Crippen LogP) is 3.36. The monoisotopic (exact) mass is 247 g/mol. The van der Waals surface area contributed by atoms with Crippen molar-refractivity contribution in [3.8, 4) is 0 Å². The van der Waals surface area contributed by atoms with Gasteiger partial charge in [-0.3, -0.25) is 0 Å². The Morgan fingerprint density at radius 3 is 2.39 bits per heavy atom. The van der Waals surface area contributed by atoms with E-state index in [4.69, 9.17) is 0 Å². The van der Waals surface area contributed by atoms with E-state index in [1.807, 2.05) is 19.9 Å². The molecule has 1 aliphatic rings. The van der Waals surface area contributed by atoms with Crippen molar-refractivity contribution in [3.63, 3.8) is 0 Å². The van der Waals surface area contributed by atoms with E-state index in [0.29, 0.717) is 0 Å². The van der Waals surface area contributed by atoms with Crippen LogP contribution in [0.25, 0.3) is 0 Å². The summed E-state index contributed by atoms with van der Waals surface area (Å²) in [5.41, 5.74) is 2.15. The van der Waals surface area contributed by atoms with Crippen LogP contribution in [0.2, 0.25) is 0 Å². The summed E-state index contributed by atoms with van der Waals surface area (Å²) in [4.78, 5) is 11.5. The average molecular weight is 247 g/mol. The molecule has 1 atom stereocenters. The number of nitrogens with zero attached hydrogens (tertiary/aromatic N) is 3. The molecule has 2 rings (SSSR count). The molecule has 0 spiro atoms. The van der Waals surface area contributed by atoms with E-state index in [0.717, 1.165) is 42.3 Å². The van der Waals surface area contributed by atoms with Crippen LogP contribution in [0.1, 0.15) is 44.5 Å². The second-order valence-corrected chi connectivity index (χ2v) is 5.52. The highest BCUT2D eigenvalue weighted by Gasteiger charge is 2.28. The molecule has 0 bridgehead atoms. The number of hydrogen-bond acceptors (Lipinski definition) is 3. The molecule has 1 saturated heterocycles. The van der Waals surface area contributed by atoms with Gasteiger partial charge >= 0.3 is 0 Å². The van der Waals surface area contributed by atoms with Gasteiger partial charge in [-0.25, -0.2) is 9.97 Å². The van der Waals surface area contributed by atoms with Crippen molar-refractivity contribution in [2.45, 2.75) is 47.0 Å². The Balaban J connectivity index is 2.08.